The number of halogens is 1. The highest BCUT2D eigenvalue weighted by molar-refractivity contribution is 6.30. The first-order chi connectivity index (χ1) is 14.0. The lowest BCUT2D eigenvalue weighted by Crippen LogP contribution is -2.55. The molecule has 0 aliphatic carbocycles. The van der Waals surface area contributed by atoms with Crippen LogP contribution < -0.4 is 10.2 Å². The van der Waals surface area contributed by atoms with Crippen LogP contribution in [0.3, 0.4) is 0 Å². The van der Waals surface area contributed by atoms with Gasteiger partial charge in [0.2, 0.25) is 0 Å². The van der Waals surface area contributed by atoms with Crippen molar-refractivity contribution in [1.29, 1.82) is 0 Å². The van der Waals surface area contributed by atoms with Crippen molar-refractivity contribution in [1.82, 2.24) is 20.3 Å². The SMILES string of the molecule is CCc1[nH]c(C(=O)N[C@H]2CCN(c3cccc(C(=O)OC)n3)C[C@H]2OC)nc1Cl. The molecule has 2 N–H and O–H groups in total. The Labute approximate surface area is 173 Å². The Hall–Kier alpha value is -2.65. The number of carbonyl (C=O) groups excluding carboxylic acids is 2. The molecule has 2 atom stereocenters. The van der Waals surface area contributed by atoms with E-state index < -0.39 is 5.97 Å². The third-order valence-electron chi connectivity index (χ3n) is 4.93. The number of anilines is 1. The molecule has 156 valence electrons. The Morgan fingerprint density at radius 2 is 2.14 bits per heavy atom. The molecule has 0 saturated carbocycles. The van der Waals surface area contributed by atoms with Crippen LogP contribution in [0.4, 0.5) is 5.82 Å². The minimum Gasteiger partial charge on any atom is -0.464 e. The van der Waals surface area contributed by atoms with Gasteiger partial charge in [0.25, 0.3) is 5.91 Å². The number of ether oxygens (including phenoxy) is 2. The van der Waals surface area contributed by atoms with E-state index in [-0.39, 0.29) is 29.6 Å². The molecule has 0 aromatic carbocycles. The summed E-state index contributed by atoms with van der Waals surface area (Å²) in [6.45, 7) is 3.08. The number of imidazole rings is 1. The van der Waals surface area contributed by atoms with E-state index in [4.69, 9.17) is 21.1 Å². The molecule has 9 nitrogen and oxygen atoms in total. The van der Waals surface area contributed by atoms with Gasteiger partial charge in [-0.3, -0.25) is 4.79 Å². The molecular formula is C19H24ClN5O4. The number of amides is 1. The molecule has 1 saturated heterocycles. The first-order valence-electron chi connectivity index (χ1n) is 9.35. The fourth-order valence-electron chi connectivity index (χ4n) is 3.31. The second-order valence-corrected chi connectivity index (χ2v) is 7.03. The van der Waals surface area contributed by atoms with Crippen LogP contribution in [-0.4, -0.2) is 66.3 Å². The molecule has 0 spiro atoms. The van der Waals surface area contributed by atoms with Gasteiger partial charge < -0.3 is 24.7 Å². The second kappa shape index (κ2) is 9.23. The molecule has 3 heterocycles. The maximum atomic E-state index is 12.6. The molecule has 0 radical (unpaired) electrons. The number of esters is 1. The molecule has 2 aromatic heterocycles. The summed E-state index contributed by atoms with van der Waals surface area (Å²) in [6.07, 6.45) is 1.05. The number of aromatic nitrogens is 3. The number of methoxy groups -OCH3 is 2. The first-order valence-corrected chi connectivity index (χ1v) is 9.73. The minimum absolute atomic E-state index is 0.191. The van der Waals surface area contributed by atoms with Crippen molar-refractivity contribution in [3.8, 4) is 0 Å². The number of H-pyrrole nitrogens is 1. The third-order valence-corrected chi connectivity index (χ3v) is 5.24. The number of hydrogen-bond donors (Lipinski definition) is 2. The number of carbonyl (C=O) groups is 2. The van der Waals surface area contributed by atoms with Crippen LogP contribution in [0, 0.1) is 0 Å². The van der Waals surface area contributed by atoms with Gasteiger partial charge in [0.15, 0.2) is 16.7 Å². The van der Waals surface area contributed by atoms with Crippen LogP contribution in [0.1, 0.15) is 40.1 Å². The predicted molar refractivity (Wildman–Crippen MR) is 107 cm³/mol. The van der Waals surface area contributed by atoms with E-state index in [1.807, 2.05) is 17.9 Å². The highest BCUT2D eigenvalue weighted by Crippen LogP contribution is 2.21. The molecule has 3 rings (SSSR count). The van der Waals surface area contributed by atoms with Crippen molar-refractivity contribution in [2.75, 3.05) is 32.2 Å². The van der Waals surface area contributed by atoms with E-state index in [1.54, 1.807) is 19.2 Å². The Morgan fingerprint density at radius 1 is 1.34 bits per heavy atom. The van der Waals surface area contributed by atoms with Gasteiger partial charge in [-0.25, -0.2) is 14.8 Å². The summed E-state index contributed by atoms with van der Waals surface area (Å²) in [7, 11) is 2.92. The molecule has 0 bridgehead atoms. The van der Waals surface area contributed by atoms with Crippen LogP contribution in [-0.2, 0) is 15.9 Å². The van der Waals surface area contributed by atoms with E-state index in [9.17, 15) is 9.59 Å². The van der Waals surface area contributed by atoms with E-state index in [2.05, 4.69) is 20.3 Å². The average Bonchev–Trinajstić information content (AvgIpc) is 3.14. The van der Waals surface area contributed by atoms with Crippen molar-refractivity contribution >= 4 is 29.3 Å². The van der Waals surface area contributed by atoms with Crippen LogP contribution >= 0.6 is 11.6 Å². The summed E-state index contributed by atoms with van der Waals surface area (Å²) in [5.41, 5.74) is 0.974. The van der Waals surface area contributed by atoms with Crippen molar-refractivity contribution in [2.45, 2.75) is 31.9 Å². The molecule has 1 fully saturated rings. The largest absolute Gasteiger partial charge is 0.464 e. The summed E-state index contributed by atoms with van der Waals surface area (Å²) in [5.74, 6) is 0.0421. The molecule has 0 unspecified atom stereocenters. The summed E-state index contributed by atoms with van der Waals surface area (Å²) in [4.78, 5) is 37.7. The standard InChI is InChI=1S/C19H24ClN5O4/c1-4-11-16(20)24-17(22-11)18(26)23-12-8-9-25(10-14(12)28-2)15-7-5-6-13(21-15)19(27)29-3/h5-7,12,14H,4,8-10H2,1-3H3,(H,22,24)(H,23,26)/t12-,14+/m0/s1. The van der Waals surface area contributed by atoms with Crippen molar-refractivity contribution in [2.24, 2.45) is 0 Å². The Kier molecular flexibility index (Phi) is 6.71. The van der Waals surface area contributed by atoms with Gasteiger partial charge in [-0.15, -0.1) is 0 Å². The number of hydrogen-bond acceptors (Lipinski definition) is 7. The number of piperidine rings is 1. The highest BCUT2D eigenvalue weighted by Gasteiger charge is 2.32. The summed E-state index contributed by atoms with van der Waals surface area (Å²) >= 11 is 6.03. The topological polar surface area (TPSA) is 109 Å². The van der Waals surface area contributed by atoms with Gasteiger partial charge >= 0.3 is 5.97 Å². The molecule has 10 heteroatoms. The Bertz CT molecular complexity index is 887. The van der Waals surface area contributed by atoms with Crippen LogP contribution in [0.15, 0.2) is 18.2 Å². The van der Waals surface area contributed by atoms with Crippen LogP contribution in [0.2, 0.25) is 5.15 Å². The number of nitrogens with zero attached hydrogens (tertiary/aromatic N) is 3. The zero-order valence-corrected chi connectivity index (χ0v) is 17.3. The van der Waals surface area contributed by atoms with Gasteiger partial charge in [-0.2, -0.15) is 0 Å². The van der Waals surface area contributed by atoms with E-state index >= 15 is 0 Å². The van der Waals surface area contributed by atoms with Gasteiger partial charge in [0, 0.05) is 20.2 Å². The van der Waals surface area contributed by atoms with Crippen LogP contribution in [0.5, 0.6) is 0 Å². The van der Waals surface area contributed by atoms with Gasteiger partial charge in [0.05, 0.1) is 24.9 Å². The second-order valence-electron chi connectivity index (χ2n) is 6.67. The number of nitrogens with one attached hydrogen (secondary N) is 2. The van der Waals surface area contributed by atoms with E-state index in [1.165, 1.54) is 7.11 Å². The minimum atomic E-state index is -0.485. The van der Waals surface area contributed by atoms with Crippen molar-refractivity contribution in [3.05, 3.63) is 40.6 Å². The number of rotatable bonds is 6. The van der Waals surface area contributed by atoms with Gasteiger partial charge in [0.1, 0.15) is 5.82 Å². The molecule has 2 aromatic rings. The summed E-state index contributed by atoms with van der Waals surface area (Å²) in [5, 5.41) is 3.29. The monoisotopic (exact) mass is 421 g/mol. The number of aromatic amines is 1. The Balaban J connectivity index is 1.68. The summed E-state index contributed by atoms with van der Waals surface area (Å²) < 4.78 is 10.3. The molecule has 1 aliphatic rings. The average molecular weight is 422 g/mol. The maximum Gasteiger partial charge on any atom is 0.356 e. The van der Waals surface area contributed by atoms with E-state index in [0.717, 1.165) is 5.69 Å². The maximum absolute atomic E-state index is 12.6. The smallest absolute Gasteiger partial charge is 0.356 e. The van der Waals surface area contributed by atoms with Crippen molar-refractivity contribution < 1.29 is 19.1 Å². The molecule has 1 aliphatic heterocycles. The lowest BCUT2D eigenvalue weighted by atomic mass is 10.0. The van der Waals surface area contributed by atoms with E-state index in [0.29, 0.717) is 36.9 Å². The van der Waals surface area contributed by atoms with Gasteiger partial charge in [-0.05, 0) is 25.0 Å². The number of pyridine rings is 1. The Morgan fingerprint density at radius 3 is 2.79 bits per heavy atom. The van der Waals surface area contributed by atoms with Gasteiger partial charge in [-0.1, -0.05) is 24.6 Å². The van der Waals surface area contributed by atoms with Crippen LogP contribution in [0.25, 0.3) is 0 Å². The lowest BCUT2D eigenvalue weighted by molar-refractivity contribution is 0.0535. The highest BCUT2D eigenvalue weighted by atomic mass is 35.5. The summed E-state index contributed by atoms with van der Waals surface area (Å²) in [6, 6.07) is 5.00. The molecular weight excluding hydrogens is 398 g/mol. The first kappa shape index (κ1) is 21.1. The fourth-order valence-corrected chi connectivity index (χ4v) is 3.58. The third kappa shape index (κ3) is 4.68. The zero-order valence-electron chi connectivity index (χ0n) is 16.6. The lowest BCUT2D eigenvalue weighted by Gasteiger charge is -2.38. The zero-order chi connectivity index (χ0) is 21.0. The fraction of sp³-hybridized carbons (Fsp3) is 0.474. The van der Waals surface area contributed by atoms with Crippen molar-refractivity contribution in [3.63, 3.8) is 0 Å². The molecule has 1 amide bonds. The molecule has 29 heavy (non-hydrogen) atoms. The normalized spacial score (nSPS) is 19.1. The predicted octanol–water partition coefficient (Wildman–Crippen LogP) is 1.83. The number of aryl methyl sites for hydroxylation is 1. The quantitative estimate of drug-likeness (QED) is 0.684.